The Morgan fingerprint density at radius 3 is 2.78 bits per heavy atom. The predicted octanol–water partition coefficient (Wildman–Crippen LogP) is 5.33. The number of carboxylic acid groups (broad SMARTS) is 1. The highest BCUT2D eigenvalue weighted by Crippen LogP contribution is 2.38. The molecule has 3 heterocycles. The monoisotopic (exact) mass is 492 g/mol. The van der Waals surface area contributed by atoms with Crippen molar-refractivity contribution in [1.82, 2.24) is 9.88 Å². The number of aromatic amines is 1. The van der Waals surface area contributed by atoms with Gasteiger partial charge in [-0.2, -0.15) is 0 Å². The second-order valence-electron chi connectivity index (χ2n) is 10.1. The molecule has 2 aliphatic heterocycles. The standard InChI is InChI=1S/C29H36N2O5/c1-19-14-27(34-2)25(24-9-11-30-28(19)24)16-31-12-10-23(36-18-20-4-3-13-35-17-20)15-26(31)21-5-7-22(8-6-21)29(32)33/h5-9,11,14,20,23,26,30H,3-4,10,12-13,15-18H2,1-2H3,(H,32,33)/t20?,23-,26-/m1/s1. The topological polar surface area (TPSA) is 84.0 Å². The fraction of sp³-hybridized carbons (Fsp3) is 0.483. The van der Waals surface area contributed by atoms with E-state index in [1.165, 1.54) is 17.4 Å². The van der Waals surface area contributed by atoms with Gasteiger partial charge in [-0.1, -0.05) is 12.1 Å². The lowest BCUT2D eigenvalue weighted by Gasteiger charge is -2.40. The zero-order valence-electron chi connectivity index (χ0n) is 21.2. The minimum atomic E-state index is -0.905. The first-order chi connectivity index (χ1) is 17.5. The number of rotatable bonds is 8. The summed E-state index contributed by atoms with van der Waals surface area (Å²) in [6, 6.07) is 11.7. The number of carboxylic acids is 1. The van der Waals surface area contributed by atoms with Gasteiger partial charge in [-0.05, 0) is 68.0 Å². The molecule has 0 aliphatic carbocycles. The summed E-state index contributed by atoms with van der Waals surface area (Å²) < 4.78 is 17.9. The van der Waals surface area contributed by atoms with E-state index in [2.05, 4.69) is 28.9 Å². The van der Waals surface area contributed by atoms with E-state index in [4.69, 9.17) is 14.2 Å². The number of likely N-dealkylation sites (tertiary alicyclic amines) is 1. The Kier molecular flexibility index (Phi) is 7.60. The first kappa shape index (κ1) is 24.8. The van der Waals surface area contributed by atoms with Crippen LogP contribution < -0.4 is 4.74 Å². The van der Waals surface area contributed by atoms with Crippen molar-refractivity contribution in [2.75, 3.05) is 33.5 Å². The molecule has 192 valence electrons. The van der Waals surface area contributed by atoms with Crippen LogP contribution >= 0.6 is 0 Å². The summed E-state index contributed by atoms with van der Waals surface area (Å²) in [5, 5.41) is 10.6. The minimum absolute atomic E-state index is 0.120. The maximum absolute atomic E-state index is 11.4. The summed E-state index contributed by atoms with van der Waals surface area (Å²) in [5.41, 5.74) is 4.90. The lowest BCUT2D eigenvalue weighted by molar-refractivity contribution is -0.0550. The maximum atomic E-state index is 11.4. The average molecular weight is 493 g/mol. The third kappa shape index (κ3) is 5.28. The molecule has 2 aliphatic rings. The normalized spacial score (nSPS) is 23.1. The molecule has 0 saturated carbocycles. The van der Waals surface area contributed by atoms with Crippen molar-refractivity contribution >= 4 is 16.9 Å². The van der Waals surface area contributed by atoms with Gasteiger partial charge in [0.05, 0.1) is 32.0 Å². The van der Waals surface area contributed by atoms with Gasteiger partial charge in [0.15, 0.2) is 0 Å². The van der Waals surface area contributed by atoms with Crippen LogP contribution in [0.2, 0.25) is 0 Å². The number of carbonyl (C=O) groups is 1. The molecule has 0 amide bonds. The first-order valence-corrected chi connectivity index (χ1v) is 12.9. The van der Waals surface area contributed by atoms with Crippen LogP contribution in [0.1, 0.15) is 58.8 Å². The third-order valence-electron chi connectivity index (χ3n) is 7.72. The van der Waals surface area contributed by atoms with Gasteiger partial charge in [0.1, 0.15) is 5.75 Å². The fourth-order valence-electron chi connectivity index (χ4n) is 5.71. The van der Waals surface area contributed by atoms with Gasteiger partial charge >= 0.3 is 5.97 Å². The number of aromatic carboxylic acids is 1. The van der Waals surface area contributed by atoms with E-state index in [0.29, 0.717) is 11.5 Å². The number of fused-ring (bicyclic) bond motifs is 1. The van der Waals surface area contributed by atoms with E-state index in [0.717, 1.165) is 74.6 Å². The van der Waals surface area contributed by atoms with Crippen LogP contribution in [-0.2, 0) is 16.0 Å². The molecule has 0 spiro atoms. The molecule has 1 aromatic heterocycles. The van der Waals surface area contributed by atoms with Gasteiger partial charge in [-0.25, -0.2) is 4.79 Å². The largest absolute Gasteiger partial charge is 0.496 e. The Morgan fingerprint density at radius 2 is 2.06 bits per heavy atom. The number of hydrogen-bond acceptors (Lipinski definition) is 5. The van der Waals surface area contributed by atoms with E-state index in [-0.39, 0.29) is 12.1 Å². The number of methoxy groups -OCH3 is 1. The Hall–Kier alpha value is -2.87. The molecule has 7 heteroatoms. The predicted molar refractivity (Wildman–Crippen MR) is 139 cm³/mol. The number of benzene rings is 2. The van der Waals surface area contributed by atoms with Gasteiger partial charge < -0.3 is 24.3 Å². The smallest absolute Gasteiger partial charge is 0.335 e. The van der Waals surface area contributed by atoms with Crippen LogP contribution in [0.5, 0.6) is 5.75 Å². The first-order valence-electron chi connectivity index (χ1n) is 12.9. The van der Waals surface area contributed by atoms with Crippen molar-refractivity contribution in [2.45, 2.75) is 51.3 Å². The molecule has 36 heavy (non-hydrogen) atoms. The zero-order chi connectivity index (χ0) is 25.1. The maximum Gasteiger partial charge on any atom is 0.335 e. The molecule has 0 bridgehead atoms. The van der Waals surface area contributed by atoms with E-state index >= 15 is 0 Å². The van der Waals surface area contributed by atoms with Crippen molar-refractivity contribution in [2.24, 2.45) is 5.92 Å². The van der Waals surface area contributed by atoms with E-state index in [1.807, 2.05) is 18.3 Å². The van der Waals surface area contributed by atoms with Gasteiger partial charge in [0, 0.05) is 54.3 Å². The number of aromatic nitrogens is 1. The fourth-order valence-corrected chi connectivity index (χ4v) is 5.71. The summed E-state index contributed by atoms with van der Waals surface area (Å²) in [6.45, 7) is 6.12. The molecular weight excluding hydrogens is 456 g/mol. The Labute approximate surface area is 212 Å². The second-order valence-corrected chi connectivity index (χ2v) is 10.1. The molecule has 2 fully saturated rings. The average Bonchev–Trinajstić information content (AvgIpc) is 3.41. The van der Waals surface area contributed by atoms with Crippen LogP contribution in [0.3, 0.4) is 0 Å². The number of ether oxygens (including phenoxy) is 3. The van der Waals surface area contributed by atoms with Crippen molar-refractivity contribution in [1.29, 1.82) is 0 Å². The Morgan fingerprint density at radius 1 is 1.22 bits per heavy atom. The third-order valence-corrected chi connectivity index (χ3v) is 7.72. The molecule has 2 N–H and O–H groups in total. The van der Waals surface area contributed by atoms with Crippen LogP contribution in [-0.4, -0.2) is 60.5 Å². The summed E-state index contributed by atoms with van der Waals surface area (Å²) in [5.74, 6) is 0.469. The van der Waals surface area contributed by atoms with Crippen molar-refractivity contribution in [3.63, 3.8) is 0 Å². The number of hydrogen-bond donors (Lipinski definition) is 2. The van der Waals surface area contributed by atoms with Crippen LogP contribution in [0.25, 0.3) is 10.9 Å². The second kappa shape index (κ2) is 11.0. The van der Waals surface area contributed by atoms with Crippen LogP contribution in [0.15, 0.2) is 42.6 Å². The van der Waals surface area contributed by atoms with Gasteiger partial charge in [0.2, 0.25) is 0 Å². The Balaban J connectivity index is 1.39. The van der Waals surface area contributed by atoms with E-state index in [9.17, 15) is 9.90 Å². The lowest BCUT2D eigenvalue weighted by atomic mass is 9.91. The summed E-state index contributed by atoms with van der Waals surface area (Å²) in [4.78, 5) is 17.3. The van der Waals surface area contributed by atoms with E-state index < -0.39 is 5.97 Å². The molecule has 5 rings (SSSR count). The molecule has 1 unspecified atom stereocenters. The SMILES string of the molecule is COc1cc(C)c2[nH]ccc2c1CN1CC[C@@H](OCC2CCCOC2)C[C@@H]1c1ccc(C(=O)O)cc1. The number of aryl methyl sites for hydroxylation is 1. The van der Waals surface area contributed by atoms with Crippen LogP contribution in [0.4, 0.5) is 0 Å². The zero-order valence-corrected chi connectivity index (χ0v) is 21.2. The summed E-state index contributed by atoms with van der Waals surface area (Å²) >= 11 is 0. The number of H-pyrrole nitrogens is 1. The molecule has 3 aromatic rings. The highest BCUT2D eigenvalue weighted by atomic mass is 16.5. The molecule has 7 nitrogen and oxygen atoms in total. The lowest BCUT2D eigenvalue weighted by Crippen LogP contribution is -2.40. The van der Waals surface area contributed by atoms with Gasteiger partial charge in [0.25, 0.3) is 0 Å². The molecule has 0 radical (unpaired) electrons. The molecule has 3 atom stereocenters. The quantitative estimate of drug-likeness (QED) is 0.442. The molecular formula is C29H36N2O5. The highest BCUT2D eigenvalue weighted by molar-refractivity contribution is 5.88. The van der Waals surface area contributed by atoms with Crippen molar-refractivity contribution in [3.05, 3.63) is 64.8 Å². The summed E-state index contributed by atoms with van der Waals surface area (Å²) in [6.07, 6.45) is 6.25. The van der Waals surface area contributed by atoms with Crippen molar-refractivity contribution < 1.29 is 24.1 Å². The molecule has 2 saturated heterocycles. The molecule has 2 aromatic carbocycles. The van der Waals surface area contributed by atoms with Crippen molar-refractivity contribution in [3.8, 4) is 5.75 Å². The van der Waals surface area contributed by atoms with Gasteiger partial charge in [-0.15, -0.1) is 0 Å². The number of nitrogens with zero attached hydrogens (tertiary/aromatic N) is 1. The van der Waals surface area contributed by atoms with Gasteiger partial charge in [-0.3, -0.25) is 4.90 Å². The Bertz CT molecular complexity index is 1180. The highest BCUT2D eigenvalue weighted by Gasteiger charge is 2.32. The number of nitrogens with one attached hydrogen (secondary N) is 1. The summed E-state index contributed by atoms with van der Waals surface area (Å²) in [7, 11) is 1.73. The number of piperidine rings is 1. The minimum Gasteiger partial charge on any atom is -0.496 e. The van der Waals surface area contributed by atoms with E-state index in [1.54, 1.807) is 19.2 Å². The van der Waals surface area contributed by atoms with Crippen LogP contribution in [0, 0.1) is 12.8 Å².